The second-order valence-electron chi connectivity index (χ2n) is 8.35. The molecular weight excluding hydrogens is 376 g/mol. The van der Waals surface area contributed by atoms with Gasteiger partial charge >= 0.3 is 6.09 Å². The van der Waals surface area contributed by atoms with Crippen molar-refractivity contribution in [2.45, 2.75) is 50.5 Å². The average Bonchev–Trinajstić information content (AvgIpc) is 2.67. The van der Waals surface area contributed by atoms with Gasteiger partial charge in [0.25, 0.3) is 0 Å². The molecule has 1 aromatic rings. The minimum absolute atomic E-state index is 0.0685. The summed E-state index contributed by atoms with van der Waals surface area (Å²) in [6.07, 6.45) is 5.40. The topological polar surface area (TPSA) is 66.9 Å². The van der Waals surface area contributed by atoms with Crippen molar-refractivity contribution < 1.29 is 17.9 Å². The molecule has 2 fully saturated rings. The first-order chi connectivity index (χ1) is 13.2. The highest BCUT2D eigenvalue weighted by Crippen LogP contribution is 2.34. The molecule has 156 valence electrons. The van der Waals surface area contributed by atoms with Crippen molar-refractivity contribution in [3.63, 3.8) is 0 Å². The molecule has 1 aromatic carbocycles. The number of ether oxygens (including phenoxy) is 1. The number of carbonyl (C=O) groups is 1. The number of anilines is 1. The summed E-state index contributed by atoms with van der Waals surface area (Å²) in [7, 11) is -3.15. The second kappa shape index (κ2) is 8.72. The van der Waals surface area contributed by atoms with E-state index in [-0.39, 0.29) is 12.2 Å². The van der Waals surface area contributed by atoms with E-state index in [1.54, 1.807) is 12.1 Å². The maximum absolute atomic E-state index is 12.0. The SMILES string of the molecule is CC(C)OC(=O)N1CCC(C2CCN(c3ccc(S(C)(=O)=O)cc3)CC2)CC1. The number of rotatable bonds is 4. The third-order valence-corrected chi connectivity index (χ3v) is 7.10. The first-order valence-corrected chi connectivity index (χ1v) is 12.1. The monoisotopic (exact) mass is 408 g/mol. The molecule has 0 spiro atoms. The predicted octanol–water partition coefficient (Wildman–Crippen LogP) is 3.56. The van der Waals surface area contributed by atoms with Crippen LogP contribution in [-0.2, 0) is 14.6 Å². The first-order valence-electron chi connectivity index (χ1n) is 10.2. The zero-order valence-corrected chi connectivity index (χ0v) is 18.0. The van der Waals surface area contributed by atoms with Crippen molar-refractivity contribution in [1.82, 2.24) is 4.90 Å². The van der Waals surface area contributed by atoms with E-state index in [1.807, 2.05) is 30.9 Å². The zero-order chi connectivity index (χ0) is 20.3. The summed E-state index contributed by atoms with van der Waals surface area (Å²) in [5.41, 5.74) is 1.09. The van der Waals surface area contributed by atoms with Crippen LogP contribution in [0.2, 0.25) is 0 Å². The fourth-order valence-electron chi connectivity index (χ4n) is 4.36. The van der Waals surface area contributed by atoms with Gasteiger partial charge in [-0.2, -0.15) is 0 Å². The lowest BCUT2D eigenvalue weighted by molar-refractivity contribution is 0.0585. The van der Waals surface area contributed by atoms with Crippen molar-refractivity contribution in [3.05, 3.63) is 24.3 Å². The van der Waals surface area contributed by atoms with E-state index in [1.165, 1.54) is 6.26 Å². The quantitative estimate of drug-likeness (QED) is 0.762. The standard InChI is InChI=1S/C21H32N2O4S/c1-16(2)27-21(24)23-14-10-18(11-15-23)17-8-12-22(13-9-17)19-4-6-20(7-5-19)28(3,25)26/h4-7,16-18H,8-15H2,1-3H3. The number of sulfone groups is 1. The molecule has 3 rings (SSSR count). The summed E-state index contributed by atoms with van der Waals surface area (Å²) in [4.78, 5) is 16.6. The molecule has 0 bridgehead atoms. The minimum Gasteiger partial charge on any atom is -0.447 e. The lowest BCUT2D eigenvalue weighted by Gasteiger charge is -2.40. The van der Waals surface area contributed by atoms with Crippen LogP contribution in [0.4, 0.5) is 10.5 Å². The van der Waals surface area contributed by atoms with Gasteiger partial charge in [0, 0.05) is 38.1 Å². The summed E-state index contributed by atoms with van der Waals surface area (Å²) in [5, 5.41) is 0. The van der Waals surface area contributed by atoms with Crippen molar-refractivity contribution >= 4 is 21.6 Å². The molecule has 0 radical (unpaired) electrons. The predicted molar refractivity (Wildman–Crippen MR) is 110 cm³/mol. The molecule has 6 nitrogen and oxygen atoms in total. The van der Waals surface area contributed by atoms with E-state index in [4.69, 9.17) is 4.74 Å². The summed E-state index contributed by atoms with van der Waals surface area (Å²) in [5.74, 6) is 1.38. The molecule has 0 atom stereocenters. The second-order valence-corrected chi connectivity index (χ2v) is 10.4. The van der Waals surface area contributed by atoms with Gasteiger partial charge in [-0.3, -0.25) is 0 Å². The molecule has 0 N–H and O–H groups in total. The third kappa shape index (κ3) is 5.19. The fourth-order valence-corrected chi connectivity index (χ4v) is 4.99. The highest BCUT2D eigenvalue weighted by Gasteiger charge is 2.31. The van der Waals surface area contributed by atoms with Crippen LogP contribution in [0.5, 0.6) is 0 Å². The maximum Gasteiger partial charge on any atom is 0.410 e. The molecular formula is C21H32N2O4S. The molecule has 2 heterocycles. The van der Waals surface area contributed by atoms with E-state index >= 15 is 0 Å². The molecule has 0 aliphatic carbocycles. The van der Waals surface area contributed by atoms with E-state index in [9.17, 15) is 13.2 Å². The number of carbonyl (C=O) groups excluding carboxylic acids is 1. The lowest BCUT2D eigenvalue weighted by atomic mass is 9.79. The van der Waals surface area contributed by atoms with E-state index in [0.29, 0.717) is 16.7 Å². The normalized spacial score (nSPS) is 19.9. The Balaban J connectivity index is 1.48. The number of hydrogen-bond donors (Lipinski definition) is 0. The van der Waals surface area contributed by atoms with E-state index < -0.39 is 9.84 Å². The summed E-state index contributed by atoms with van der Waals surface area (Å²) >= 11 is 0. The largest absolute Gasteiger partial charge is 0.447 e. The van der Waals surface area contributed by atoms with E-state index in [0.717, 1.165) is 57.5 Å². The van der Waals surface area contributed by atoms with Gasteiger partial charge in [-0.1, -0.05) is 0 Å². The van der Waals surface area contributed by atoms with Crippen LogP contribution in [0.15, 0.2) is 29.2 Å². The molecule has 7 heteroatoms. The lowest BCUT2D eigenvalue weighted by Crippen LogP contribution is -2.43. The zero-order valence-electron chi connectivity index (χ0n) is 17.1. The molecule has 2 aliphatic rings. The number of likely N-dealkylation sites (tertiary alicyclic amines) is 1. The van der Waals surface area contributed by atoms with Crippen molar-refractivity contribution in [2.24, 2.45) is 11.8 Å². The summed E-state index contributed by atoms with van der Waals surface area (Å²) in [6.45, 7) is 7.35. The Morgan fingerprint density at radius 3 is 1.93 bits per heavy atom. The fraction of sp³-hybridized carbons (Fsp3) is 0.667. The van der Waals surface area contributed by atoms with Gasteiger partial charge in [-0.05, 0) is 75.6 Å². The van der Waals surface area contributed by atoms with Gasteiger partial charge in [-0.25, -0.2) is 13.2 Å². The minimum atomic E-state index is -3.15. The molecule has 0 aromatic heterocycles. The van der Waals surface area contributed by atoms with Crippen LogP contribution in [-0.4, -0.2) is 57.9 Å². The van der Waals surface area contributed by atoms with Crippen molar-refractivity contribution in [1.29, 1.82) is 0 Å². The summed E-state index contributed by atoms with van der Waals surface area (Å²) < 4.78 is 28.5. The summed E-state index contributed by atoms with van der Waals surface area (Å²) in [6, 6.07) is 7.22. The van der Waals surface area contributed by atoms with Crippen molar-refractivity contribution in [3.8, 4) is 0 Å². The van der Waals surface area contributed by atoms with Gasteiger partial charge in [-0.15, -0.1) is 0 Å². The van der Waals surface area contributed by atoms with Gasteiger partial charge in [0.1, 0.15) is 0 Å². The highest BCUT2D eigenvalue weighted by atomic mass is 32.2. The Kier molecular flexibility index (Phi) is 6.53. The van der Waals surface area contributed by atoms with Gasteiger partial charge in [0.2, 0.25) is 0 Å². The van der Waals surface area contributed by atoms with Crippen LogP contribution in [0.1, 0.15) is 39.5 Å². The Morgan fingerprint density at radius 1 is 0.964 bits per heavy atom. The highest BCUT2D eigenvalue weighted by molar-refractivity contribution is 7.90. The van der Waals surface area contributed by atoms with Crippen LogP contribution in [0.25, 0.3) is 0 Å². The molecule has 2 saturated heterocycles. The number of benzene rings is 1. The Morgan fingerprint density at radius 2 is 1.46 bits per heavy atom. The molecule has 0 saturated carbocycles. The van der Waals surface area contributed by atoms with Crippen LogP contribution >= 0.6 is 0 Å². The van der Waals surface area contributed by atoms with Gasteiger partial charge < -0.3 is 14.5 Å². The molecule has 0 unspecified atom stereocenters. The maximum atomic E-state index is 12.0. The molecule has 2 aliphatic heterocycles. The van der Waals surface area contributed by atoms with Crippen LogP contribution in [0.3, 0.4) is 0 Å². The average molecular weight is 409 g/mol. The first kappa shape index (κ1) is 21.0. The molecule has 1 amide bonds. The Labute approximate surface area is 168 Å². The van der Waals surface area contributed by atoms with E-state index in [2.05, 4.69) is 4.90 Å². The number of amides is 1. The van der Waals surface area contributed by atoms with Crippen LogP contribution in [0, 0.1) is 11.8 Å². The Hall–Kier alpha value is -1.76. The van der Waals surface area contributed by atoms with Gasteiger partial charge in [0.05, 0.1) is 11.0 Å². The number of hydrogen-bond acceptors (Lipinski definition) is 5. The van der Waals surface area contributed by atoms with Crippen LogP contribution < -0.4 is 4.90 Å². The van der Waals surface area contributed by atoms with Crippen molar-refractivity contribution in [2.75, 3.05) is 37.3 Å². The Bertz CT molecular complexity index is 760. The third-order valence-electron chi connectivity index (χ3n) is 5.97. The van der Waals surface area contributed by atoms with Gasteiger partial charge in [0.15, 0.2) is 9.84 Å². The smallest absolute Gasteiger partial charge is 0.410 e. The molecule has 28 heavy (non-hydrogen) atoms. The number of piperidine rings is 2. The number of nitrogens with zero attached hydrogens (tertiary/aromatic N) is 2.